The monoisotopic (exact) mass is 344 g/mol. The summed E-state index contributed by atoms with van der Waals surface area (Å²) >= 11 is 0. The van der Waals surface area contributed by atoms with Gasteiger partial charge in [0.15, 0.2) is 0 Å². The normalized spacial score (nSPS) is 22.5. The molecule has 25 heavy (non-hydrogen) atoms. The SMILES string of the molecule is Cc1ccc(CCC(=O)NC2CC(N(CC(=O)O)CC3CC3)C2)cc1. The molecule has 0 spiro atoms. The summed E-state index contributed by atoms with van der Waals surface area (Å²) in [5, 5.41) is 12.2. The Bertz CT molecular complexity index is 604. The van der Waals surface area contributed by atoms with Crippen molar-refractivity contribution in [3.8, 4) is 0 Å². The molecule has 0 aliphatic heterocycles. The third kappa shape index (κ3) is 5.56. The molecule has 0 bridgehead atoms. The van der Waals surface area contributed by atoms with Gasteiger partial charge in [0.1, 0.15) is 0 Å². The number of nitrogens with zero attached hydrogens (tertiary/aromatic N) is 1. The predicted molar refractivity (Wildman–Crippen MR) is 96.4 cm³/mol. The minimum absolute atomic E-state index is 0.0935. The van der Waals surface area contributed by atoms with Crippen molar-refractivity contribution in [1.29, 1.82) is 0 Å². The second-order valence-corrected chi connectivity index (χ2v) is 7.64. The van der Waals surface area contributed by atoms with E-state index in [0.717, 1.165) is 25.8 Å². The molecule has 0 unspecified atom stereocenters. The second kappa shape index (κ2) is 8.00. The van der Waals surface area contributed by atoms with Gasteiger partial charge in [-0.3, -0.25) is 14.5 Å². The summed E-state index contributed by atoms with van der Waals surface area (Å²) in [6, 6.07) is 8.79. The number of aliphatic carboxylic acids is 1. The molecule has 5 nitrogen and oxygen atoms in total. The van der Waals surface area contributed by atoms with Crippen LogP contribution in [0.15, 0.2) is 24.3 Å². The minimum atomic E-state index is -0.758. The molecule has 2 saturated carbocycles. The molecule has 1 amide bonds. The van der Waals surface area contributed by atoms with E-state index >= 15 is 0 Å². The van der Waals surface area contributed by atoms with Gasteiger partial charge in [0.2, 0.25) is 5.91 Å². The average molecular weight is 344 g/mol. The van der Waals surface area contributed by atoms with E-state index in [1.807, 2.05) is 0 Å². The lowest BCUT2D eigenvalue weighted by molar-refractivity contribution is -0.140. The summed E-state index contributed by atoms with van der Waals surface area (Å²) < 4.78 is 0. The van der Waals surface area contributed by atoms with Crippen LogP contribution in [0.25, 0.3) is 0 Å². The molecule has 2 fully saturated rings. The summed E-state index contributed by atoms with van der Waals surface area (Å²) in [6.45, 7) is 3.07. The molecular formula is C20H28N2O3. The molecule has 1 aromatic rings. The summed E-state index contributed by atoms with van der Waals surface area (Å²) in [4.78, 5) is 25.2. The smallest absolute Gasteiger partial charge is 0.317 e. The first-order valence-electron chi connectivity index (χ1n) is 9.30. The van der Waals surface area contributed by atoms with Crippen molar-refractivity contribution in [1.82, 2.24) is 10.2 Å². The van der Waals surface area contributed by atoms with Crippen LogP contribution in [0.4, 0.5) is 0 Å². The van der Waals surface area contributed by atoms with Crippen LogP contribution < -0.4 is 5.32 Å². The quantitative estimate of drug-likeness (QED) is 0.722. The van der Waals surface area contributed by atoms with Crippen molar-refractivity contribution in [2.45, 2.75) is 57.5 Å². The summed E-state index contributed by atoms with van der Waals surface area (Å²) in [5.74, 6) is 0.0183. The van der Waals surface area contributed by atoms with Gasteiger partial charge in [0.25, 0.3) is 0 Å². The van der Waals surface area contributed by atoms with E-state index in [1.165, 1.54) is 24.0 Å². The fourth-order valence-corrected chi connectivity index (χ4v) is 3.46. The van der Waals surface area contributed by atoms with Crippen molar-refractivity contribution in [2.24, 2.45) is 5.92 Å². The summed E-state index contributed by atoms with van der Waals surface area (Å²) in [6.07, 6.45) is 5.46. The summed E-state index contributed by atoms with van der Waals surface area (Å²) in [7, 11) is 0. The molecule has 0 saturated heterocycles. The van der Waals surface area contributed by atoms with Gasteiger partial charge in [-0.15, -0.1) is 0 Å². The molecule has 0 atom stereocenters. The van der Waals surface area contributed by atoms with Crippen LogP contribution in [0.2, 0.25) is 0 Å². The maximum absolute atomic E-state index is 12.1. The van der Waals surface area contributed by atoms with Crippen LogP contribution in [-0.4, -0.2) is 47.1 Å². The Morgan fingerprint density at radius 1 is 1.20 bits per heavy atom. The number of rotatable bonds is 9. The van der Waals surface area contributed by atoms with E-state index in [2.05, 4.69) is 41.4 Å². The lowest BCUT2D eigenvalue weighted by atomic mass is 9.85. The number of hydrogen-bond acceptors (Lipinski definition) is 3. The highest BCUT2D eigenvalue weighted by atomic mass is 16.4. The van der Waals surface area contributed by atoms with Crippen molar-refractivity contribution in [3.63, 3.8) is 0 Å². The molecular weight excluding hydrogens is 316 g/mol. The number of aryl methyl sites for hydroxylation is 2. The van der Waals surface area contributed by atoms with Crippen molar-refractivity contribution < 1.29 is 14.7 Å². The van der Waals surface area contributed by atoms with Gasteiger partial charge in [-0.25, -0.2) is 0 Å². The number of carbonyl (C=O) groups excluding carboxylic acids is 1. The highest BCUT2D eigenvalue weighted by Gasteiger charge is 2.37. The van der Waals surface area contributed by atoms with Crippen molar-refractivity contribution in [3.05, 3.63) is 35.4 Å². The van der Waals surface area contributed by atoms with Gasteiger partial charge in [-0.2, -0.15) is 0 Å². The Balaban J connectivity index is 1.37. The average Bonchev–Trinajstić information content (AvgIpc) is 3.33. The molecule has 136 valence electrons. The molecule has 2 N–H and O–H groups in total. The van der Waals surface area contributed by atoms with Gasteiger partial charge >= 0.3 is 5.97 Å². The first kappa shape index (κ1) is 17.9. The van der Waals surface area contributed by atoms with Gasteiger partial charge in [0, 0.05) is 25.0 Å². The Morgan fingerprint density at radius 2 is 1.88 bits per heavy atom. The maximum Gasteiger partial charge on any atom is 0.317 e. The Labute approximate surface area is 149 Å². The molecule has 3 rings (SSSR count). The number of carboxylic acids is 1. The van der Waals surface area contributed by atoms with Gasteiger partial charge in [-0.1, -0.05) is 29.8 Å². The highest BCUT2D eigenvalue weighted by Crippen LogP contribution is 2.33. The minimum Gasteiger partial charge on any atom is -0.480 e. The Morgan fingerprint density at radius 3 is 2.48 bits per heavy atom. The zero-order valence-corrected chi connectivity index (χ0v) is 14.9. The zero-order valence-electron chi connectivity index (χ0n) is 14.9. The number of benzene rings is 1. The second-order valence-electron chi connectivity index (χ2n) is 7.64. The lowest BCUT2D eigenvalue weighted by Crippen LogP contribution is -2.55. The molecule has 0 radical (unpaired) electrons. The first-order valence-corrected chi connectivity index (χ1v) is 9.30. The Hall–Kier alpha value is -1.88. The fraction of sp³-hybridized carbons (Fsp3) is 0.600. The van der Waals surface area contributed by atoms with Crippen molar-refractivity contribution >= 4 is 11.9 Å². The number of amides is 1. The van der Waals surface area contributed by atoms with Crippen molar-refractivity contribution in [2.75, 3.05) is 13.1 Å². The number of hydrogen-bond donors (Lipinski definition) is 2. The molecule has 2 aliphatic rings. The maximum atomic E-state index is 12.1. The third-order valence-corrected chi connectivity index (χ3v) is 5.28. The van der Waals surface area contributed by atoms with Crippen LogP contribution >= 0.6 is 0 Å². The number of carboxylic acid groups (broad SMARTS) is 1. The van der Waals surface area contributed by atoms with E-state index in [0.29, 0.717) is 18.4 Å². The molecule has 1 aromatic carbocycles. The molecule has 5 heteroatoms. The van der Waals surface area contributed by atoms with E-state index in [-0.39, 0.29) is 18.5 Å². The molecule has 0 heterocycles. The predicted octanol–water partition coefficient (Wildman–Crippen LogP) is 2.37. The third-order valence-electron chi connectivity index (χ3n) is 5.28. The highest BCUT2D eigenvalue weighted by molar-refractivity contribution is 5.76. The lowest BCUT2D eigenvalue weighted by Gasteiger charge is -2.42. The molecule has 0 aromatic heterocycles. The molecule has 2 aliphatic carbocycles. The van der Waals surface area contributed by atoms with E-state index in [9.17, 15) is 9.59 Å². The van der Waals surface area contributed by atoms with Crippen LogP contribution in [0.1, 0.15) is 43.2 Å². The van der Waals surface area contributed by atoms with E-state index < -0.39 is 5.97 Å². The fourth-order valence-electron chi connectivity index (χ4n) is 3.46. The van der Waals surface area contributed by atoms with Crippen LogP contribution in [-0.2, 0) is 16.0 Å². The van der Waals surface area contributed by atoms with Crippen LogP contribution in [0.3, 0.4) is 0 Å². The number of nitrogens with one attached hydrogen (secondary N) is 1. The largest absolute Gasteiger partial charge is 0.480 e. The number of carbonyl (C=O) groups is 2. The van der Waals surface area contributed by atoms with Gasteiger partial charge in [0.05, 0.1) is 6.54 Å². The Kier molecular flexibility index (Phi) is 5.74. The summed E-state index contributed by atoms with van der Waals surface area (Å²) in [5.41, 5.74) is 2.41. The van der Waals surface area contributed by atoms with Gasteiger partial charge < -0.3 is 10.4 Å². The van der Waals surface area contributed by atoms with Gasteiger partial charge in [-0.05, 0) is 50.5 Å². The van der Waals surface area contributed by atoms with Crippen LogP contribution in [0.5, 0.6) is 0 Å². The van der Waals surface area contributed by atoms with Crippen LogP contribution in [0, 0.1) is 12.8 Å². The zero-order chi connectivity index (χ0) is 17.8. The first-order chi connectivity index (χ1) is 12.0. The topological polar surface area (TPSA) is 69.6 Å². The standard InChI is InChI=1S/C20H28N2O3/c1-14-2-4-15(5-3-14)8-9-19(23)21-17-10-18(11-17)22(13-20(24)25)12-16-6-7-16/h2-5,16-18H,6-13H2,1H3,(H,21,23)(H,24,25). The van der Waals surface area contributed by atoms with E-state index in [1.54, 1.807) is 0 Å². The van der Waals surface area contributed by atoms with E-state index in [4.69, 9.17) is 5.11 Å².